The van der Waals surface area contributed by atoms with Gasteiger partial charge in [0, 0.05) is 23.1 Å². The highest BCUT2D eigenvalue weighted by molar-refractivity contribution is 6.31. The van der Waals surface area contributed by atoms with Gasteiger partial charge < -0.3 is 15.4 Å². The van der Waals surface area contributed by atoms with Gasteiger partial charge >= 0.3 is 6.03 Å². The minimum Gasteiger partial charge on any atom is -0.493 e. The SMILES string of the molecule is O=C(CN1C(=O)NC2(CCOc3ccccc32)C1=O)Nc1ccc(Cl)cc1[N+](=O)[O-]. The van der Waals surface area contributed by atoms with Crippen molar-refractivity contribution in [1.82, 2.24) is 10.2 Å². The van der Waals surface area contributed by atoms with Crippen LogP contribution in [0.1, 0.15) is 12.0 Å². The van der Waals surface area contributed by atoms with Crippen LogP contribution in [0.3, 0.4) is 0 Å². The molecule has 1 saturated heterocycles. The van der Waals surface area contributed by atoms with Crippen molar-refractivity contribution in [3.63, 3.8) is 0 Å². The molecule has 154 valence electrons. The van der Waals surface area contributed by atoms with Crippen LogP contribution in [0, 0.1) is 10.1 Å². The van der Waals surface area contributed by atoms with E-state index in [2.05, 4.69) is 10.6 Å². The molecule has 0 bridgehead atoms. The van der Waals surface area contributed by atoms with Gasteiger partial charge in [-0.05, 0) is 18.2 Å². The molecule has 1 atom stereocenters. The predicted octanol–water partition coefficient (Wildman–Crippen LogP) is 2.42. The van der Waals surface area contributed by atoms with Gasteiger partial charge in [0.15, 0.2) is 5.54 Å². The van der Waals surface area contributed by atoms with E-state index in [4.69, 9.17) is 16.3 Å². The number of nitrogens with one attached hydrogen (secondary N) is 2. The molecule has 2 aliphatic heterocycles. The number of amides is 4. The molecule has 2 N–H and O–H groups in total. The molecule has 11 heteroatoms. The van der Waals surface area contributed by atoms with Crippen LogP contribution in [0.25, 0.3) is 0 Å². The molecule has 1 unspecified atom stereocenters. The lowest BCUT2D eigenvalue weighted by atomic mass is 9.84. The van der Waals surface area contributed by atoms with Gasteiger partial charge in [-0.15, -0.1) is 0 Å². The first-order chi connectivity index (χ1) is 14.3. The fraction of sp³-hybridized carbons (Fsp3) is 0.211. The summed E-state index contributed by atoms with van der Waals surface area (Å²) >= 11 is 5.76. The molecular weight excluding hydrogens is 416 g/mol. The third-order valence-corrected chi connectivity index (χ3v) is 5.22. The van der Waals surface area contributed by atoms with Gasteiger partial charge in [0.2, 0.25) is 5.91 Å². The van der Waals surface area contributed by atoms with Crippen LogP contribution in [-0.4, -0.2) is 40.8 Å². The number of urea groups is 1. The number of nitro benzene ring substituents is 1. The number of carbonyl (C=O) groups is 3. The number of anilines is 1. The molecule has 1 fully saturated rings. The van der Waals surface area contributed by atoms with Gasteiger partial charge in [-0.25, -0.2) is 4.79 Å². The van der Waals surface area contributed by atoms with Crippen LogP contribution in [0.4, 0.5) is 16.2 Å². The highest BCUT2D eigenvalue weighted by Crippen LogP contribution is 2.41. The zero-order valence-corrected chi connectivity index (χ0v) is 16.1. The number of hydrogen-bond donors (Lipinski definition) is 2. The lowest BCUT2D eigenvalue weighted by Gasteiger charge is -2.33. The van der Waals surface area contributed by atoms with Gasteiger partial charge in [0.25, 0.3) is 11.6 Å². The zero-order valence-electron chi connectivity index (χ0n) is 15.4. The average molecular weight is 431 g/mol. The summed E-state index contributed by atoms with van der Waals surface area (Å²) in [6.45, 7) is -0.380. The van der Waals surface area contributed by atoms with Crippen molar-refractivity contribution in [1.29, 1.82) is 0 Å². The van der Waals surface area contributed by atoms with Gasteiger partial charge in [-0.1, -0.05) is 29.8 Å². The Morgan fingerprint density at radius 3 is 2.83 bits per heavy atom. The van der Waals surface area contributed by atoms with E-state index >= 15 is 0 Å². The molecule has 10 nitrogen and oxygen atoms in total. The highest BCUT2D eigenvalue weighted by atomic mass is 35.5. The Kier molecular flexibility index (Phi) is 4.78. The minimum absolute atomic E-state index is 0.0902. The number of imide groups is 1. The third-order valence-electron chi connectivity index (χ3n) is 4.99. The van der Waals surface area contributed by atoms with Crippen LogP contribution in [-0.2, 0) is 15.1 Å². The number of para-hydroxylation sites is 1. The fourth-order valence-corrected chi connectivity index (χ4v) is 3.78. The van der Waals surface area contributed by atoms with Gasteiger partial charge in [-0.3, -0.25) is 24.6 Å². The van der Waals surface area contributed by atoms with Crippen molar-refractivity contribution >= 4 is 40.8 Å². The Morgan fingerprint density at radius 1 is 1.30 bits per heavy atom. The lowest BCUT2D eigenvalue weighted by molar-refractivity contribution is -0.383. The molecule has 2 aliphatic rings. The first-order valence-corrected chi connectivity index (χ1v) is 9.30. The second-order valence-corrected chi connectivity index (χ2v) is 7.22. The number of benzene rings is 2. The van der Waals surface area contributed by atoms with Crippen LogP contribution in [0.2, 0.25) is 5.02 Å². The van der Waals surface area contributed by atoms with E-state index in [-0.39, 0.29) is 23.7 Å². The first-order valence-electron chi connectivity index (χ1n) is 8.92. The number of nitro groups is 1. The number of rotatable bonds is 4. The van der Waals surface area contributed by atoms with E-state index in [1.54, 1.807) is 24.3 Å². The second kappa shape index (κ2) is 7.30. The normalized spacial score (nSPS) is 19.8. The largest absolute Gasteiger partial charge is 0.493 e. The standard InChI is InChI=1S/C19H15ClN4O6/c20-11-5-6-13(14(9-11)24(28)29)21-16(25)10-23-17(26)19(22-18(23)27)7-8-30-15-4-2-1-3-12(15)19/h1-6,9H,7-8,10H2,(H,21,25)(H,22,27). The lowest BCUT2D eigenvalue weighted by Crippen LogP contribution is -2.48. The Bertz CT molecular complexity index is 1090. The summed E-state index contributed by atoms with van der Waals surface area (Å²) in [5.41, 5.74) is -1.28. The smallest absolute Gasteiger partial charge is 0.325 e. The summed E-state index contributed by atoms with van der Waals surface area (Å²) in [6, 6.07) is 9.90. The van der Waals surface area contributed by atoms with Crippen LogP contribution >= 0.6 is 11.6 Å². The summed E-state index contributed by atoms with van der Waals surface area (Å²) in [5.74, 6) is -0.856. The summed E-state index contributed by atoms with van der Waals surface area (Å²) in [4.78, 5) is 49.4. The van der Waals surface area contributed by atoms with Crippen molar-refractivity contribution < 1.29 is 24.0 Å². The Balaban J connectivity index is 1.56. The minimum atomic E-state index is -1.31. The Morgan fingerprint density at radius 2 is 2.07 bits per heavy atom. The Hall–Kier alpha value is -3.66. The van der Waals surface area contributed by atoms with E-state index < -0.39 is 40.5 Å². The Labute approximate surface area is 174 Å². The number of fused-ring (bicyclic) bond motifs is 2. The maximum Gasteiger partial charge on any atom is 0.325 e. The molecule has 4 rings (SSSR count). The molecule has 0 aliphatic carbocycles. The van der Waals surface area contributed by atoms with Crippen molar-refractivity contribution in [2.75, 3.05) is 18.5 Å². The number of nitrogens with zero attached hydrogens (tertiary/aromatic N) is 2. The molecule has 2 aromatic carbocycles. The van der Waals surface area contributed by atoms with Crippen molar-refractivity contribution in [3.8, 4) is 5.75 Å². The van der Waals surface area contributed by atoms with Gasteiger partial charge in [0.1, 0.15) is 18.0 Å². The number of hydrogen-bond acceptors (Lipinski definition) is 6. The number of ether oxygens (including phenoxy) is 1. The highest BCUT2D eigenvalue weighted by Gasteiger charge is 2.55. The second-order valence-electron chi connectivity index (χ2n) is 6.79. The average Bonchev–Trinajstić information content (AvgIpc) is 2.94. The van der Waals surface area contributed by atoms with Gasteiger partial charge in [-0.2, -0.15) is 0 Å². The summed E-state index contributed by atoms with van der Waals surface area (Å²) in [6.07, 6.45) is 0.218. The number of halogens is 1. The van der Waals surface area contributed by atoms with Crippen molar-refractivity contribution in [2.45, 2.75) is 12.0 Å². The molecule has 2 aromatic rings. The maximum absolute atomic E-state index is 13.1. The molecular formula is C19H15ClN4O6. The maximum atomic E-state index is 13.1. The fourth-order valence-electron chi connectivity index (χ4n) is 3.61. The zero-order chi connectivity index (χ0) is 21.5. The van der Waals surface area contributed by atoms with E-state index in [0.717, 1.165) is 11.0 Å². The van der Waals surface area contributed by atoms with Crippen LogP contribution in [0.5, 0.6) is 5.75 Å². The molecule has 30 heavy (non-hydrogen) atoms. The molecule has 4 amide bonds. The summed E-state index contributed by atoms with van der Waals surface area (Å²) in [7, 11) is 0. The van der Waals surface area contributed by atoms with Crippen LogP contribution in [0.15, 0.2) is 42.5 Å². The van der Waals surface area contributed by atoms with Crippen molar-refractivity contribution in [2.24, 2.45) is 0 Å². The van der Waals surface area contributed by atoms with E-state index in [0.29, 0.717) is 11.3 Å². The quantitative estimate of drug-likeness (QED) is 0.435. The van der Waals surface area contributed by atoms with Crippen molar-refractivity contribution in [3.05, 3.63) is 63.2 Å². The molecule has 0 radical (unpaired) electrons. The summed E-state index contributed by atoms with van der Waals surface area (Å²) < 4.78 is 5.56. The van der Waals surface area contributed by atoms with Crippen LogP contribution < -0.4 is 15.4 Å². The van der Waals surface area contributed by atoms with Gasteiger partial charge in [0.05, 0.1) is 11.5 Å². The van der Waals surface area contributed by atoms with E-state index in [1.807, 2.05) is 0 Å². The monoisotopic (exact) mass is 430 g/mol. The summed E-state index contributed by atoms with van der Waals surface area (Å²) in [5, 5.41) is 16.4. The molecule has 1 spiro atoms. The topological polar surface area (TPSA) is 131 Å². The van der Waals surface area contributed by atoms with E-state index in [1.165, 1.54) is 12.1 Å². The first kappa shape index (κ1) is 19.6. The predicted molar refractivity (Wildman–Crippen MR) is 105 cm³/mol. The molecule has 0 aromatic heterocycles. The van der Waals surface area contributed by atoms with E-state index in [9.17, 15) is 24.5 Å². The number of carbonyl (C=O) groups excluding carboxylic acids is 3. The molecule has 2 heterocycles. The molecule has 0 saturated carbocycles. The third kappa shape index (κ3) is 3.20.